The van der Waals surface area contributed by atoms with E-state index in [-0.39, 0.29) is 29.8 Å². The normalized spacial score (nSPS) is 24.3. The minimum absolute atomic E-state index is 0.0518. The summed E-state index contributed by atoms with van der Waals surface area (Å²) in [5, 5.41) is 5.73. The van der Waals surface area contributed by atoms with E-state index in [0.29, 0.717) is 0 Å². The van der Waals surface area contributed by atoms with Gasteiger partial charge < -0.3 is 15.5 Å². The number of hydrogen-bond donors (Lipinski definition) is 2. The predicted molar refractivity (Wildman–Crippen MR) is 101 cm³/mol. The van der Waals surface area contributed by atoms with E-state index in [1.54, 1.807) is 0 Å². The fourth-order valence-corrected chi connectivity index (χ4v) is 4.78. The van der Waals surface area contributed by atoms with Gasteiger partial charge in [-0.05, 0) is 62.2 Å². The number of rotatable bonds is 5. The van der Waals surface area contributed by atoms with Crippen LogP contribution in [-0.4, -0.2) is 42.9 Å². The summed E-state index contributed by atoms with van der Waals surface area (Å²) in [5.74, 6) is 0.662. The van der Waals surface area contributed by atoms with E-state index < -0.39 is 0 Å². The second kappa shape index (κ2) is 7.03. The lowest BCUT2D eigenvalue weighted by molar-refractivity contribution is -0.125. The first-order valence-electron chi connectivity index (χ1n) is 9.91. The highest BCUT2D eigenvalue weighted by molar-refractivity contribution is 5.84. The molecular formula is C21H29N3O2. The SMILES string of the molecule is CC(=O)NCC(=O)NC1CC2(CCN(CC3CC3)CC2)c2ccccc21. The Hall–Kier alpha value is -1.88. The molecule has 1 saturated heterocycles. The van der Waals surface area contributed by atoms with Crippen molar-refractivity contribution in [2.75, 3.05) is 26.2 Å². The third-order valence-electron chi connectivity index (χ3n) is 6.36. The Kier molecular flexibility index (Phi) is 4.74. The minimum Gasteiger partial charge on any atom is -0.348 e. The van der Waals surface area contributed by atoms with Crippen LogP contribution >= 0.6 is 0 Å². The molecule has 1 aromatic carbocycles. The number of benzene rings is 1. The molecule has 2 amide bonds. The van der Waals surface area contributed by atoms with Crippen molar-refractivity contribution in [1.29, 1.82) is 0 Å². The fourth-order valence-electron chi connectivity index (χ4n) is 4.78. The molecule has 26 heavy (non-hydrogen) atoms. The number of amides is 2. The molecule has 140 valence electrons. The Labute approximate surface area is 155 Å². The first-order valence-corrected chi connectivity index (χ1v) is 9.91. The van der Waals surface area contributed by atoms with Crippen LogP contribution in [0, 0.1) is 5.92 Å². The summed E-state index contributed by atoms with van der Waals surface area (Å²) in [4.78, 5) is 25.9. The summed E-state index contributed by atoms with van der Waals surface area (Å²) in [6.45, 7) is 5.09. The molecule has 1 aliphatic heterocycles. The highest BCUT2D eigenvalue weighted by atomic mass is 16.2. The smallest absolute Gasteiger partial charge is 0.239 e. The molecule has 2 N–H and O–H groups in total. The maximum absolute atomic E-state index is 12.2. The van der Waals surface area contributed by atoms with Gasteiger partial charge in [-0.3, -0.25) is 9.59 Å². The summed E-state index contributed by atoms with van der Waals surface area (Å²) < 4.78 is 0. The zero-order valence-electron chi connectivity index (χ0n) is 15.6. The standard InChI is InChI=1S/C21H29N3O2/c1-15(25)22-13-20(26)23-19-12-21(18-5-3-2-4-17(18)19)8-10-24(11-9-21)14-16-6-7-16/h2-5,16,19H,6-14H2,1H3,(H,22,25)(H,23,26). The topological polar surface area (TPSA) is 61.4 Å². The van der Waals surface area contributed by atoms with E-state index in [9.17, 15) is 9.59 Å². The molecule has 1 unspecified atom stereocenters. The van der Waals surface area contributed by atoms with Crippen LogP contribution in [0.5, 0.6) is 0 Å². The van der Waals surface area contributed by atoms with Gasteiger partial charge in [0.1, 0.15) is 0 Å². The van der Waals surface area contributed by atoms with Crippen molar-refractivity contribution in [2.45, 2.75) is 50.5 Å². The number of nitrogens with one attached hydrogen (secondary N) is 2. The van der Waals surface area contributed by atoms with Gasteiger partial charge in [0, 0.05) is 18.9 Å². The van der Waals surface area contributed by atoms with Crippen LogP contribution in [0.15, 0.2) is 24.3 Å². The van der Waals surface area contributed by atoms with Crippen LogP contribution in [0.4, 0.5) is 0 Å². The molecule has 3 aliphatic rings. The number of carbonyl (C=O) groups is 2. The summed E-state index contributed by atoms with van der Waals surface area (Å²) in [6.07, 6.45) is 6.15. The quantitative estimate of drug-likeness (QED) is 0.851. The van der Waals surface area contributed by atoms with Gasteiger partial charge in [-0.1, -0.05) is 24.3 Å². The first kappa shape index (κ1) is 17.5. The van der Waals surface area contributed by atoms with E-state index >= 15 is 0 Å². The van der Waals surface area contributed by atoms with Gasteiger partial charge in [0.25, 0.3) is 0 Å². The lowest BCUT2D eigenvalue weighted by atomic mass is 9.73. The molecule has 0 radical (unpaired) electrons. The zero-order chi connectivity index (χ0) is 18.1. The number of carbonyl (C=O) groups excluding carboxylic acids is 2. The van der Waals surface area contributed by atoms with Crippen molar-refractivity contribution in [1.82, 2.24) is 15.5 Å². The summed E-state index contributed by atoms with van der Waals surface area (Å²) in [7, 11) is 0. The van der Waals surface area contributed by atoms with Crippen LogP contribution < -0.4 is 10.6 Å². The van der Waals surface area contributed by atoms with Crippen molar-refractivity contribution < 1.29 is 9.59 Å². The lowest BCUT2D eigenvalue weighted by Gasteiger charge is -2.40. The number of likely N-dealkylation sites (tertiary alicyclic amines) is 1. The maximum atomic E-state index is 12.2. The Balaban J connectivity index is 1.44. The lowest BCUT2D eigenvalue weighted by Crippen LogP contribution is -2.43. The maximum Gasteiger partial charge on any atom is 0.239 e. The molecule has 1 heterocycles. The highest BCUT2D eigenvalue weighted by Gasteiger charge is 2.45. The molecule has 0 bridgehead atoms. The fraction of sp³-hybridized carbons (Fsp3) is 0.619. The molecule has 2 fully saturated rings. The number of piperidine rings is 1. The van der Waals surface area contributed by atoms with Gasteiger partial charge in [-0.2, -0.15) is 0 Å². The predicted octanol–water partition coefficient (Wildman–Crippen LogP) is 2.13. The van der Waals surface area contributed by atoms with Gasteiger partial charge in [0.2, 0.25) is 11.8 Å². The Bertz CT molecular complexity index is 690. The van der Waals surface area contributed by atoms with Gasteiger partial charge in [-0.15, -0.1) is 0 Å². The monoisotopic (exact) mass is 355 g/mol. The van der Waals surface area contributed by atoms with Crippen LogP contribution in [0.25, 0.3) is 0 Å². The van der Waals surface area contributed by atoms with Crippen LogP contribution in [0.1, 0.15) is 56.2 Å². The van der Waals surface area contributed by atoms with Gasteiger partial charge >= 0.3 is 0 Å². The average molecular weight is 355 g/mol. The molecule has 1 saturated carbocycles. The van der Waals surface area contributed by atoms with Crippen LogP contribution in [0.2, 0.25) is 0 Å². The molecule has 0 aromatic heterocycles. The van der Waals surface area contributed by atoms with Crippen molar-refractivity contribution in [3.05, 3.63) is 35.4 Å². The first-order chi connectivity index (χ1) is 12.6. The second-order valence-electron chi connectivity index (χ2n) is 8.35. The van der Waals surface area contributed by atoms with Crippen LogP contribution in [0.3, 0.4) is 0 Å². The van der Waals surface area contributed by atoms with E-state index in [4.69, 9.17) is 0 Å². The number of fused-ring (bicyclic) bond motifs is 2. The van der Waals surface area contributed by atoms with E-state index in [0.717, 1.165) is 25.4 Å². The van der Waals surface area contributed by atoms with E-state index in [2.05, 4.69) is 39.8 Å². The number of hydrogen-bond acceptors (Lipinski definition) is 3. The molecule has 1 spiro atoms. The second-order valence-corrected chi connectivity index (χ2v) is 8.35. The molecular weight excluding hydrogens is 326 g/mol. The van der Waals surface area contributed by atoms with Crippen molar-refractivity contribution in [2.24, 2.45) is 5.92 Å². The van der Waals surface area contributed by atoms with Gasteiger partial charge in [0.15, 0.2) is 0 Å². The Morgan fingerprint density at radius 1 is 1.19 bits per heavy atom. The van der Waals surface area contributed by atoms with E-state index in [1.165, 1.54) is 50.3 Å². The van der Waals surface area contributed by atoms with Gasteiger partial charge in [0.05, 0.1) is 12.6 Å². The third kappa shape index (κ3) is 3.63. The molecule has 5 nitrogen and oxygen atoms in total. The largest absolute Gasteiger partial charge is 0.348 e. The van der Waals surface area contributed by atoms with Crippen molar-refractivity contribution in [3.8, 4) is 0 Å². The third-order valence-corrected chi connectivity index (χ3v) is 6.36. The molecule has 1 aromatic rings. The zero-order valence-corrected chi connectivity index (χ0v) is 15.6. The van der Waals surface area contributed by atoms with Crippen molar-refractivity contribution >= 4 is 11.8 Å². The summed E-state index contributed by atoms with van der Waals surface area (Å²) in [5.41, 5.74) is 2.89. The molecule has 1 atom stereocenters. The average Bonchev–Trinajstić information content (AvgIpc) is 3.40. The molecule has 4 rings (SSSR count). The van der Waals surface area contributed by atoms with Crippen LogP contribution in [-0.2, 0) is 15.0 Å². The Morgan fingerprint density at radius 2 is 1.92 bits per heavy atom. The molecule has 2 aliphatic carbocycles. The minimum atomic E-state index is -0.175. The summed E-state index contributed by atoms with van der Waals surface area (Å²) >= 11 is 0. The highest BCUT2D eigenvalue weighted by Crippen LogP contribution is 2.50. The Morgan fingerprint density at radius 3 is 2.62 bits per heavy atom. The van der Waals surface area contributed by atoms with Gasteiger partial charge in [-0.25, -0.2) is 0 Å². The number of nitrogens with zero attached hydrogens (tertiary/aromatic N) is 1. The summed E-state index contributed by atoms with van der Waals surface area (Å²) in [6, 6.07) is 8.66. The molecule has 5 heteroatoms. The van der Waals surface area contributed by atoms with Crippen molar-refractivity contribution in [3.63, 3.8) is 0 Å². The van der Waals surface area contributed by atoms with E-state index in [1.807, 2.05) is 0 Å².